The molecular formula is C9H12IN. The summed E-state index contributed by atoms with van der Waals surface area (Å²) < 4.78 is 2.12. The molecule has 1 heterocycles. The molecular weight excluding hydrogens is 249 g/mol. The molecule has 0 fully saturated rings. The molecule has 0 saturated heterocycles. The van der Waals surface area contributed by atoms with Crippen molar-refractivity contribution >= 4 is 6.08 Å². The van der Waals surface area contributed by atoms with Crippen LogP contribution in [0.15, 0.2) is 31.1 Å². The fourth-order valence-corrected chi connectivity index (χ4v) is 0.816. The Morgan fingerprint density at radius 2 is 2.00 bits per heavy atom. The van der Waals surface area contributed by atoms with Crippen molar-refractivity contribution in [2.75, 3.05) is 0 Å². The van der Waals surface area contributed by atoms with Gasteiger partial charge in [-0.2, -0.15) is 0 Å². The summed E-state index contributed by atoms with van der Waals surface area (Å²) in [6.07, 6.45) is 5.95. The van der Waals surface area contributed by atoms with Crippen LogP contribution in [0.4, 0.5) is 0 Å². The standard InChI is InChI=1S/C9H12N.HI/c1-3-9-5-7-10(4-2)8-6-9;/h3,5-8H,1,4H2,2H3;1H/q+1;/p-1. The molecule has 0 unspecified atom stereocenters. The minimum absolute atomic E-state index is 0. The van der Waals surface area contributed by atoms with Crippen molar-refractivity contribution in [2.24, 2.45) is 0 Å². The maximum atomic E-state index is 3.68. The summed E-state index contributed by atoms with van der Waals surface area (Å²) in [4.78, 5) is 0. The maximum absolute atomic E-state index is 3.68. The fraction of sp³-hybridized carbons (Fsp3) is 0.222. The van der Waals surface area contributed by atoms with Gasteiger partial charge in [0.15, 0.2) is 12.4 Å². The van der Waals surface area contributed by atoms with Crippen LogP contribution in [0.5, 0.6) is 0 Å². The van der Waals surface area contributed by atoms with E-state index in [1.54, 1.807) is 0 Å². The van der Waals surface area contributed by atoms with E-state index in [2.05, 4.69) is 42.6 Å². The highest BCUT2D eigenvalue weighted by Crippen LogP contribution is 1.94. The predicted molar refractivity (Wildman–Crippen MR) is 42.4 cm³/mol. The van der Waals surface area contributed by atoms with Gasteiger partial charge in [0.05, 0.1) is 0 Å². The third-order valence-electron chi connectivity index (χ3n) is 1.52. The quantitative estimate of drug-likeness (QED) is 0.457. The first kappa shape index (κ1) is 10.6. The highest BCUT2D eigenvalue weighted by atomic mass is 127. The van der Waals surface area contributed by atoms with E-state index in [9.17, 15) is 0 Å². The normalized spacial score (nSPS) is 8.45. The van der Waals surface area contributed by atoms with Crippen LogP contribution < -0.4 is 28.5 Å². The Hall–Kier alpha value is -0.380. The first-order valence-corrected chi connectivity index (χ1v) is 3.48. The van der Waals surface area contributed by atoms with Gasteiger partial charge in [-0.25, -0.2) is 4.57 Å². The highest BCUT2D eigenvalue weighted by Gasteiger charge is 1.92. The van der Waals surface area contributed by atoms with Crippen LogP contribution in [-0.4, -0.2) is 0 Å². The van der Waals surface area contributed by atoms with E-state index in [-0.39, 0.29) is 24.0 Å². The molecule has 60 valence electrons. The summed E-state index contributed by atoms with van der Waals surface area (Å²) >= 11 is 0. The van der Waals surface area contributed by atoms with Crippen LogP contribution in [0.1, 0.15) is 12.5 Å². The summed E-state index contributed by atoms with van der Waals surface area (Å²) in [6.45, 7) is 6.82. The molecule has 0 aliphatic rings. The van der Waals surface area contributed by atoms with Gasteiger partial charge >= 0.3 is 0 Å². The van der Waals surface area contributed by atoms with Crippen molar-refractivity contribution in [2.45, 2.75) is 13.5 Å². The second-order valence-electron chi connectivity index (χ2n) is 2.17. The zero-order chi connectivity index (χ0) is 7.40. The first-order valence-electron chi connectivity index (χ1n) is 3.48. The fourth-order valence-electron chi connectivity index (χ4n) is 0.816. The molecule has 0 aliphatic carbocycles. The van der Waals surface area contributed by atoms with Crippen LogP contribution in [0, 0.1) is 0 Å². The minimum Gasteiger partial charge on any atom is -1.00 e. The van der Waals surface area contributed by atoms with Gasteiger partial charge < -0.3 is 24.0 Å². The van der Waals surface area contributed by atoms with Crippen LogP contribution in [0.3, 0.4) is 0 Å². The van der Waals surface area contributed by atoms with Gasteiger partial charge in [-0.3, -0.25) is 0 Å². The molecule has 0 saturated carbocycles. The minimum atomic E-state index is 0. The lowest BCUT2D eigenvalue weighted by Gasteiger charge is -1.90. The number of hydrogen-bond acceptors (Lipinski definition) is 0. The van der Waals surface area contributed by atoms with Crippen molar-refractivity contribution in [3.8, 4) is 0 Å². The summed E-state index contributed by atoms with van der Waals surface area (Å²) in [5, 5.41) is 0. The molecule has 0 radical (unpaired) electrons. The van der Waals surface area contributed by atoms with Crippen molar-refractivity contribution in [1.82, 2.24) is 0 Å². The Morgan fingerprint density at radius 1 is 1.45 bits per heavy atom. The van der Waals surface area contributed by atoms with Gasteiger partial charge in [0.1, 0.15) is 6.54 Å². The maximum Gasteiger partial charge on any atom is 0.169 e. The molecule has 0 aliphatic heterocycles. The number of nitrogens with zero attached hydrogens (tertiary/aromatic N) is 1. The van der Waals surface area contributed by atoms with Gasteiger partial charge in [0.25, 0.3) is 0 Å². The number of hydrogen-bond donors (Lipinski definition) is 0. The Kier molecular flexibility index (Phi) is 5.11. The van der Waals surface area contributed by atoms with E-state index in [1.165, 1.54) is 5.56 Å². The van der Waals surface area contributed by atoms with Gasteiger partial charge in [-0.05, 0) is 12.5 Å². The predicted octanol–water partition coefficient (Wildman–Crippen LogP) is -1.36. The lowest BCUT2D eigenvalue weighted by atomic mass is 10.3. The second kappa shape index (κ2) is 5.29. The SMILES string of the molecule is C=Cc1cc[n+](CC)cc1.[I-]. The molecule has 0 aromatic carbocycles. The van der Waals surface area contributed by atoms with E-state index in [0.29, 0.717) is 0 Å². The zero-order valence-corrected chi connectivity index (χ0v) is 8.78. The Morgan fingerprint density at radius 3 is 2.36 bits per heavy atom. The number of pyridine rings is 1. The van der Waals surface area contributed by atoms with E-state index in [0.717, 1.165) is 6.54 Å². The van der Waals surface area contributed by atoms with Crippen LogP contribution >= 0.6 is 0 Å². The summed E-state index contributed by atoms with van der Waals surface area (Å²) in [6, 6.07) is 4.10. The lowest BCUT2D eigenvalue weighted by molar-refractivity contribution is -0.693. The summed E-state index contributed by atoms with van der Waals surface area (Å²) in [5.41, 5.74) is 1.17. The lowest BCUT2D eigenvalue weighted by Crippen LogP contribution is -3.00. The second-order valence-corrected chi connectivity index (χ2v) is 2.17. The Bertz CT molecular complexity index is 216. The van der Waals surface area contributed by atoms with E-state index >= 15 is 0 Å². The van der Waals surface area contributed by atoms with Crippen LogP contribution in [-0.2, 0) is 6.54 Å². The van der Waals surface area contributed by atoms with Gasteiger partial charge in [-0.1, -0.05) is 12.7 Å². The molecule has 2 heteroatoms. The molecule has 1 aromatic heterocycles. The van der Waals surface area contributed by atoms with E-state index in [4.69, 9.17) is 0 Å². The van der Waals surface area contributed by atoms with Gasteiger partial charge in [-0.15, -0.1) is 0 Å². The van der Waals surface area contributed by atoms with Gasteiger partial charge in [0, 0.05) is 12.1 Å². The molecule has 1 rings (SSSR count). The van der Waals surface area contributed by atoms with E-state index < -0.39 is 0 Å². The largest absolute Gasteiger partial charge is 1.00 e. The van der Waals surface area contributed by atoms with Crippen LogP contribution in [0.2, 0.25) is 0 Å². The Labute approximate surface area is 84.8 Å². The number of aryl methyl sites for hydroxylation is 1. The number of aromatic nitrogens is 1. The van der Waals surface area contributed by atoms with Crippen molar-refractivity contribution in [3.63, 3.8) is 0 Å². The molecule has 0 amide bonds. The van der Waals surface area contributed by atoms with Crippen molar-refractivity contribution < 1.29 is 28.5 Å². The molecule has 11 heavy (non-hydrogen) atoms. The third kappa shape index (κ3) is 3.01. The zero-order valence-electron chi connectivity index (χ0n) is 6.63. The van der Waals surface area contributed by atoms with Crippen LogP contribution in [0.25, 0.3) is 6.08 Å². The number of halogens is 1. The molecule has 0 N–H and O–H groups in total. The average molecular weight is 261 g/mol. The first-order chi connectivity index (χ1) is 4.86. The topological polar surface area (TPSA) is 3.88 Å². The summed E-state index contributed by atoms with van der Waals surface area (Å²) in [5.74, 6) is 0. The van der Waals surface area contributed by atoms with Crippen molar-refractivity contribution in [1.29, 1.82) is 0 Å². The molecule has 0 spiro atoms. The average Bonchev–Trinajstić information content (AvgIpc) is 2.05. The molecule has 0 atom stereocenters. The Balaban J connectivity index is 0.000001000. The molecule has 1 aromatic rings. The summed E-state index contributed by atoms with van der Waals surface area (Å²) in [7, 11) is 0. The van der Waals surface area contributed by atoms with Gasteiger partial charge in [0.2, 0.25) is 0 Å². The highest BCUT2D eigenvalue weighted by molar-refractivity contribution is 5.44. The smallest absolute Gasteiger partial charge is 0.169 e. The monoisotopic (exact) mass is 261 g/mol. The van der Waals surface area contributed by atoms with E-state index in [1.807, 2.05) is 6.08 Å². The molecule has 1 nitrogen and oxygen atoms in total. The third-order valence-corrected chi connectivity index (χ3v) is 1.52. The molecule has 0 bridgehead atoms. The van der Waals surface area contributed by atoms with Crippen molar-refractivity contribution in [3.05, 3.63) is 36.7 Å². The number of rotatable bonds is 2.